The molecule has 1 heterocycles. The molecule has 148 valence electrons. The van der Waals surface area contributed by atoms with Crippen LogP contribution in [-0.2, 0) is 9.59 Å². The molecule has 0 aromatic heterocycles. The number of urea groups is 1. The van der Waals surface area contributed by atoms with Gasteiger partial charge in [0.05, 0.1) is 12.3 Å². The lowest BCUT2D eigenvalue weighted by molar-refractivity contribution is -0.136. The molecular weight excluding hydrogens is 386 g/mol. The fraction of sp³-hybridized carbons (Fsp3) is 0.500. The van der Waals surface area contributed by atoms with Crippen molar-refractivity contribution in [2.75, 3.05) is 36.5 Å². The van der Waals surface area contributed by atoms with Crippen molar-refractivity contribution < 1.29 is 19.5 Å². The zero-order chi connectivity index (χ0) is 19.5. The largest absolute Gasteiger partial charge is 0.481 e. The van der Waals surface area contributed by atoms with E-state index in [9.17, 15) is 14.4 Å². The van der Waals surface area contributed by atoms with Crippen LogP contribution in [0, 0.1) is 5.92 Å². The maximum absolute atomic E-state index is 12.4. The molecule has 1 aromatic carbocycles. The van der Waals surface area contributed by atoms with Gasteiger partial charge in [-0.25, -0.2) is 4.79 Å². The quantitative estimate of drug-likeness (QED) is 0.427. The second kappa shape index (κ2) is 11.8. The standard InChI is InChI=1S/C18H25N3O4S2/c22-16(23)8-11-26-27-12-9-19-17(24)14-5-4-10-21(13-14)18(25)20-15-6-2-1-3-7-15/h1-3,6-7,14H,4-5,8-13H2,(H,19,24)(H,20,25)(H,22,23). The Balaban J connectivity index is 1.66. The van der Waals surface area contributed by atoms with E-state index >= 15 is 0 Å². The number of likely N-dealkylation sites (tertiary alicyclic amines) is 1. The molecule has 2 rings (SSSR count). The molecule has 3 N–H and O–H groups in total. The number of carbonyl (C=O) groups excluding carboxylic acids is 2. The van der Waals surface area contributed by atoms with Crippen LogP contribution >= 0.6 is 21.6 Å². The molecule has 1 aliphatic rings. The van der Waals surface area contributed by atoms with E-state index in [0.29, 0.717) is 25.4 Å². The van der Waals surface area contributed by atoms with Crippen molar-refractivity contribution in [2.24, 2.45) is 5.92 Å². The zero-order valence-electron chi connectivity index (χ0n) is 15.1. The number of carboxylic acids is 1. The van der Waals surface area contributed by atoms with Gasteiger partial charge in [-0.2, -0.15) is 0 Å². The van der Waals surface area contributed by atoms with Crippen LogP contribution in [0.1, 0.15) is 19.3 Å². The van der Waals surface area contributed by atoms with Gasteiger partial charge < -0.3 is 20.6 Å². The Kier molecular flexibility index (Phi) is 9.34. The minimum Gasteiger partial charge on any atom is -0.481 e. The first-order valence-corrected chi connectivity index (χ1v) is 11.4. The van der Waals surface area contributed by atoms with Crippen LogP contribution in [0.2, 0.25) is 0 Å². The van der Waals surface area contributed by atoms with Gasteiger partial charge in [0.2, 0.25) is 5.91 Å². The Morgan fingerprint density at radius 2 is 1.89 bits per heavy atom. The fourth-order valence-electron chi connectivity index (χ4n) is 2.71. The van der Waals surface area contributed by atoms with Crippen molar-refractivity contribution in [2.45, 2.75) is 19.3 Å². The molecule has 1 aromatic rings. The van der Waals surface area contributed by atoms with Gasteiger partial charge in [-0.05, 0) is 25.0 Å². The molecule has 1 saturated heterocycles. The number of rotatable bonds is 9. The number of carbonyl (C=O) groups is 3. The summed E-state index contributed by atoms with van der Waals surface area (Å²) in [5.74, 6) is 0.270. The number of nitrogens with zero attached hydrogens (tertiary/aromatic N) is 1. The zero-order valence-corrected chi connectivity index (χ0v) is 16.7. The lowest BCUT2D eigenvalue weighted by Gasteiger charge is -2.32. The molecule has 0 saturated carbocycles. The molecule has 0 aliphatic carbocycles. The van der Waals surface area contributed by atoms with Crippen LogP contribution < -0.4 is 10.6 Å². The number of amides is 3. The number of aliphatic carboxylic acids is 1. The first-order valence-electron chi connectivity index (χ1n) is 8.91. The predicted molar refractivity (Wildman–Crippen MR) is 110 cm³/mol. The van der Waals surface area contributed by atoms with E-state index in [1.807, 2.05) is 30.3 Å². The summed E-state index contributed by atoms with van der Waals surface area (Å²) in [7, 11) is 3.05. The topological polar surface area (TPSA) is 98.7 Å². The molecule has 3 amide bonds. The number of nitrogens with one attached hydrogen (secondary N) is 2. The fourth-order valence-corrected chi connectivity index (χ4v) is 4.59. The van der Waals surface area contributed by atoms with Crippen LogP contribution in [0.5, 0.6) is 0 Å². The van der Waals surface area contributed by atoms with E-state index in [-0.39, 0.29) is 24.3 Å². The molecule has 27 heavy (non-hydrogen) atoms. The van der Waals surface area contributed by atoms with Gasteiger partial charge in [0.1, 0.15) is 0 Å². The van der Waals surface area contributed by atoms with E-state index in [1.165, 1.54) is 10.8 Å². The van der Waals surface area contributed by atoms with E-state index in [1.54, 1.807) is 15.7 Å². The average Bonchev–Trinajstić information content (AvgIpc) is 2.67. The summed E-state index contributed by atoms with van der Waals surface area (Å²) >= 11 is 0. The van der Waals surface area contributed by atoms with Crippen LogP contribution in [-0.4, -0.2) is 59.1 Å². The summed E-state index contributed by atoms with van der Waals surface area (Å²) < 4.78 is 0. The highest BCUT2D eigenvalue weighted by molar-refractivity contribution is 8.76. The number of anilines is 1. The van der Waals surface area contributed by atoms with Crippen LogP contribution in [0.3, 0.4) is 0 Å². The second-order valence-electron chi connectivity index (χ2n) is 6.16. The molecule has 0 bridgehead atoms. The van der Waals surface area contributed by atoms with Gasteiger partial charge in [0.25, 0.3) is 0 Å². The summed E-state index contributed by atoms with van der Waals surface area (Å²) in [5, 5.41) is 14.3. The van der Waals surface area contributed by atoms with Gasteiger partial charge in [0.15, 0.2) is 0 Å². The summed E-state index contributed by atoms with van der Waals surface area (Å²) in [6, 6.07) is 9.10. The van der Waals surface area contributed by atoms with E-state index in [4.69, 9.17) is 5.11 Å². The van der Waals surface area contributed by atoms with Crippen molar-refractivity contribution >= 4 is 45.2 Å². The highest BCUT2D eigenvalue weighted by Gasteiger charge is 2.28. The molecule has 9 heteroatoms. The monoisotopic (exact) mass is 411 g/mol. The van der Waals surface area contributed by atoms with Gasteiger partial charge >= 0.3 is 12.0 Å². The third-order valence-corrected chi connectivity index (χ3v) is 6.48. The Labute approximate surface area is 167 Å². The minimum absolute atomic E-state index is 0.0247. The molecule has 7 nitrogen and oxygen atoms in total. The van der Waals surface area contributed by atoms with Crippen molar-refractivity contribution in [3.8, 4) is 0 Å². The SMILES string of the molecule is O=C(O)CCSSCCNC(=O)C1CCCN(C(=O)Nc2ccccc2)C1. The summed E-state index contributed by atoms with van der Waals surface area (Å²) in [4.78, 5) is 36.8. The van der Waals surface area contributed by atoms with Gasteiger partial charge in [-0.1, -0.05) is 39.8 Å². The third kappa shape index (κ3) is 8.13. The number of hydrogen-bond acceptors (Lipinski definition) is 5. The third-order valence-electron chi connectivity index (χ3n) is 4.07. The Hall–Kier alpha value is -1.87. The van der Waals surface area contributed by atoms with E-state index < -0.39 is 5.97 Å². The highest BCUT2D eigenvalue weighted by Crippen LogP contribution is 2.21. The Morgan fingerprint density at radius 1 is 1.15 bits per heavy atom. The van der Waals surface area contributed by atoms with Crippen molar-refractivity contribution in [3.63, 3.8) is 0 Å². The first kappa shape index (κ1) is 21.4. The normalized spacial score (nSPS) is 16.6. The lowest BCUT2D eigenvalue weighted by Crippen LogP contribution is -2.47. The van der Waals surface area contributed by atoms with Gasteiger partial charge in [0, 0.05) is 36.8 Å². The molecule has 1 unspecified atom stereocenters. The molecule has 1 atom stereocenters. The molecule has 0 spiro atoms. The summed E-state index contributed by atoms with van der Waals surface area (Å²) in [6.07, 6.45) is 1.73. The number of benzene rings is 1. The number of carboxylic acid groups (broad SMARTS) is 1. The van der Waals surface area contributed by atoms with Crippen molar-refractivity contribution in [1.82, 2.24) is 10.2 Å². The highest BCUT2D eigenvalue weighted by atomic mass is 33.1. The first-order chi connectivity index (χ1) is 13.1. The van der Waals surface area contributed by atoms with E-state index in [0.717, 1.165) is 24.3 Å². The van der Waals surface area contributed by atoms with E-state index in [2.05, 4.69) is 10.6 Å². The number of hydrogen-bond donors (Lipinski definition) is 3. The van der Waals surface area contributed by atoms with Gasteiger partial charge in [-0.3, -0.25) is 9.59 Å². The maximum atomic E-state index is 12.4. The summed E-state index contributed by atoms with van der Waals surface area (Å²) in [6.45, 7) is 1.61. The van der Waals surface area contributed by atoms with Crippen LogP contribution in [0.4, 0.5) is 10.5 Å². The molecular formula is C18H25N3O4S2. The minimum atomic E-state index is -0.797. The molecule has 0 radical (unpaired) electrons. The maximum Gasteiger partial charge on any atom is 0.321 e. The van der Waals surface area contributed by atoms with Gasteiger partial charge in [-0.15, -0.1) is 0 Å². The smallest absolute Gasteiger partial charge is 0.321 e. The Morgan fingerprint density at radius 3 is 2.63 bits per heavy atom. The number of para-hydroxylation sites is 1. The molecule has 1 fully saturated rings. The van der Waals surface area contributed by atoms with Crippen molar-refractivity contribution in [1.29, 1.82) is 0 Å². The second-order valence-corrected chi connectivity index (χ2v) is 8.86. The lowest BCUT2D eigenvalue weighted by atomic mass is 9.97. The molecule has 1 aliphatic heterocycles. The Bertz CT molecular complexity index is 630. The predicted octanol–water partition coefficient (Wildman–Crippen LogP) is 2.90. The van der Waals surface area contributed by atoms with Crippen LogP contribution in [0.25, 0.3) is 0 Å². The number of piperidine rings is 1. The van der Waals surface area contributed by atoms with Crippen LogP contribution in [0.15, 0.2) is 30.3 Å². The van der Waals surface area contributed by atoms with Crippen molar-refractivity contribution in [3.05, 3.63) is 30.3 Å². The summed E-state index contributed by atoms with van der Waals surface area (Å²) in [5.41, 5.74) is 0.742. The average molecular weight is 412 g/mol.